The second-order valence-corrected chi connectivity index (χ2v) is 7.86. The highest BCUT2D eigenvalue weighted by molar-refractivity contribution is 4.59. The summed E-state index contributed by atoms with van der Waals surface area (Å²) in [6.07, 6.45) is 28.1. The molecule has 2 radical (unpaired) electrons. The van der Waals surface area contributed by atoms with Crippen molar-refractivity contribution in [1.82, 2.24) is 0 Å². The molecule has 0 fully saturated rings. The van der Waals surface area contributed by atoms with Gasteiger partial charge in [-0.15, -0.1) is 0 Å². The van der Waals surface area contributed by atoms with Crippen molar-refractivity contribution in [1.29, 1.82) is 0 Å². The summed E-state index contributed by atoms with van der Waals surface area (Å²) >= 11 is 0. The van der Waals surface area contributed by atoms with Crippen LogP contribution < -0.4 is 0 Å². The number of hydrogen-bond donors (Lipinski definition) is 0. The van der Waals surface area contributed by atoms with Crippen molar-refractivity contribution in [2.75, 3.05) is 0 Å². The minimum absolute atomic E-state index is 1.01. The van der Waals surface area contributed by atoms with Gasteiger partial charge in [0.2, 0.25) is 0 Å². The first-order chi connectivity index (χ1) is 11.8. The monoisotopic (exact) mass is 336 g/mol. The first-order valence-electron chi connectivity index (χ1n) is 11.4. The molecule has 1 atom stereocenters. The van der Waals surface area contributed by atoms with E-state index in [2.05, 4.69) is 20.8 Å². The van der Waals surface area contributed by atoms with Crippen LogP contribution in [0.5, 0.6) is 0 Å². The summed E-state index contributed by atoms with van der Waals surface area (Å²) in [6, 6.07) is 0. The second kappa shape index (κ2) is 21.0. The molecule has 0 aliphatic heterocycles. The Balaban J connectivity index is 3.28. The van der Waals surface area contributed by atoms with E-state index in [1.54, 1.807) is 0 Å². The molecule has 0 heterocycles. The van der Waals surface area contributed by atoms with Gasteiger partial charge in [-0.25, -0.2) is 0 Å². The van der Waals surface area contributed by atoms with Gasteiger partial charge in [-0.2, -0.15) is 0 Å². The predicted molar refractivity (Wildman–Crippen MR) is 112 cm³/mol. The molecule has 0 aliphatic rings. The number of rotatable bonds is 20. The lowest BCUT2D eigenvalue weighted by molar-refractivity contribution is 0.392. The Hall–Kier alpha value is 0. The molecular formula is C24H48. The zero-order valence-corrected chi connectivity index (χ0v) is 17.1. The maximum Gasteiger partial charge on any atom is -0.0417 e. The molecule has 0 saturated heterocycles. The molecule has 144 valence electrons. The van der Waals surface area contributed by atoms with Crippen LogP contribution in [-0.4, -0.2) is 0 Å². The van der Waals surface area contributed by atoms with E-state index in [0.717, 1.165) is 18.8 Å². The number of hydrogen-bond acceptors (Lipinski definition) is 0. The molecule has 0 saturated carbocycles. The van der Waals surface area contributed by atoms with Gasteiger partial charge in [-0.1, -0.05) is 149 Å². The van der Waals surface area contributed by atoms with Gasteiger partial charge in [0.25, 0.3) is 0 Å². The highest BCUT2D eigenvalue weighted by atomic mass is 14.1. The van der Waals surface area contributed by atoms with Crippen molar-refractivity contribution in [2.45, 2.75) is 135 Å². The van der Waals surface area contributed by atoms with Crippen LogP contribution in [0.15, 0.2) is 0 Å². The Morgan fingerprint density at radius 3 is 1.04 bits per heavy atom. The van der Waals surface area contributed by atoms with E-state index in [9.17, 15) is 0 Å². The average molecular weight is 337 g/mol. The first-order valence-corrected chi connectivity index (χ1v) is 11.4. The van der Waals surface area contributed by atoms with Gasteiger partial charge in [0.15, 0.2) is 0 Å². The highest BCUT2D eigenvalue weighted by Crippen LogP contribution is 2.22. The summed E-state index contributed by atoms with van der Waals surface area (Å²) in [5.41, 5.74) is 0. The summed E-state index contributed by atoms with van der Waals surface area (Å²) < 4.78 is 0. The van der Waals surface area contributed by atoms with E-state index in [1.165, 1.54) is 116 Å². The molecule has 24 heavy (non-hydrogen) atoms. The van der Waals surface area contributed by atoms with E-state index < -0.39 is 0 Å². The van der Waals surface area contributed by atoms with Crippen LogP contribution in [-0.2, 0) is 0 Å². The Morgan fingerprint density at radius 1 is 0.458 bits per heavy atom. The fourth-order valence-corrected chi connectivity index (χ4v) is 3.72. The summed E-state index contributed by atoms with van der Waals surface area (Å²) in [4.78, 5) is 0. The molecule has 0 bridgehead atoms. The molecule has 0 amide bonds. The Morgan fingerprint density at radius 2 is 0.750 bits per heavy atom. The van der Waals surface area contributed by atoms with Crippen LogP contribution in [0.1, 0.15) is 135 Å². The third-order valence-corrected chi connectivity index (χ3v) is 5.55. The van der Waals surface area contributed by atoms with Crippen molar-refractivity contribution in [3.05, 3.63) is 13.8 Å². The van der Waals surface area contributed by atoms with Crippen LogP contribution in [0.4, 0.5) is 0 Å². The molecule has 0 N–H and O–H groups in total. The van der Waals surface area contributed by atoms with Crippen molar-refractivity contribution in [2.24, 2.45) is 5.92 Å². The highest BCUT2D eigenvalue weighted by Gasteiger charge is 2.05. The van der Waals surface area contributed by atoms with Gasteiger partial charge in [0.1, 0.15) is 0 Å². The summed E-state index contributed by atoms with van der Waals surface area (Å²) in [6.45, 7) is 10.2. The topological polar surface area (TPSA) is 0 Å². The first kappa shape index (κ1) is 24.0. The Labute approximate surface area is 155 Å². The van der Waals surface area contributed by atoms with Gasteiger partial charge >= 0.3 is 0 Å². The zero-order chi connectivity index (χ0) is 17.7. The van der Waals surface area contributed by atoms with Crippen LogP contribution in [0.3, 0.4) is 0 Å². The van der Waals surface area contributed by atoms with E-state index in [4.69, 9.17) is 0 Å². The SMILES string of the molecule is [CH2]CCCCCCCCCCC(CC)CCCCCCCCC[CH2]. The fraction of sp³-hybridized carbons (Fsp3) is 0.917. The lowest BCUT2D eigenvalue weighted by Gasteiger charge is -2.14. The molecule has 0 aliphatic carbocycles. The van der Waals surface area contributed by atoms with Crippen LogP contribution in [0.25, 0.3) is 0 Å². The van der Waals surface area contributed by atoms with Gasteiger partial charge < -0.3 is 0 Å². The standard InChI is InChI=1S/C24H48/c1-4-7-9-11-13-15-17-19-21-23-24(6-3)22-20-18-16-14-12-10-8-5-2/h24H,1-2,4-23H2,3H3. The zero-order valence-electron chi connectivity index (χ0n) is 17.1. The van der Waals surface area contributed by atoms with Gasteiger partial charge in [0, 0.05) is 0 Å². The molecule has 0 nitrogen and oxygen atoms in total. The second-order valence-electron chi connectivity index (χ2n) is 7.86. The molecular weight excluding hydrogens is 288 g/mol. The molecule has 0 aromatic rings. The van der Waals surface area contributed by atoms with Crippen LogP contribution >= 0.6 is 0 Å². The maximum atomic E-state index is 3.92. The van der Waals surface area contributed by atoms with Gasteiger partial charge in [0.05, 0.1) is 0 Å². The third-order valence-electron chi connectivity index (χ3n) is 5.55. The lowest BCUT2D eigenvalue weighted by Crippen LogP contribution is -1.99. The maximum absolute atomic E-state index is 3.92. The molecule has 1 unspecified atom stereocenters. The van der Waals surface area contributed by atoms with Gasteiger partial charge in [-0.3, -0.25) is 0 Å². The molecule has 0 heteroatoms. The van der Waals surface area contributed by atoms with E-state index in [0.29, 0.717) is 0 Å². The van der Waals surface area contributed by atoms with Gasteiger partial charge in [-0.05, 0) is 5.92 Å². The molecule has 0 aromatic heterocycles. The normalized spacial score (nSPS) is 12.6. The summed E-state index contributed by atoms with van der Waals surface area (Å²) in [5, 5.41) is 0. The molecule has 0 aromatic carbocycles. The fourth-order valence-electron chi connectivity index (χ4n) is 3.72. The average Bonchev–Trinajstić information content (AvgIpc) is 2.60. The Kier molecular flexibility index (Phi) is 21.0. The van der Waals surface area contributed by atoms with Crippen molar-refractivity contribution >= 4 is 0 Å². The molecule has 0 spiro atoms. The van der Waals surface area contributed by atoms with Crippen LogP contribution in [0, 0.1) is 19.8 Å². The van der Waals surface area contributed by atoms with Crippen molar-refractivity contribution in [3.8, 4) is 0 Å². The Bertz CT molecular complexity index is 208. The quantitative estimate of drug-likeness (QED) is 0.194. The summed E-state index contributed by atoms with van der Waals surface area (Å²) in [7, 11) is 0. The van der Waals surface area contributed by atoms with Crippen molar-refractivity contribution < 1.29 is 0 Å². The van der Waals surface area contributed by atoms with E-state index >= 15 is 0 Å². The van der Waals surface area contributed by atoms with E-state index in [1.807, 2.05) is 0 Å². The van der Waals surface area contributed by atoms with Crippen LogP contribution in [0.2, 0.25) is 0 Å². The minimum Gasteiger partial charge on any atom is -0.0651 e. The van der Waals surface area contributed by atoms with E-state index in [-0.39, 0.29) is 0 Å². The minimum atomic E-state index is 1.01. The summed E-state index contributed by atoms with van der Waals surface area (Å²) in [5.74, 6) is 1.01. The lowest BCUT2D eigenvalue weighted by atomic mass is 9.92. The van der Waals surface area contributed by atoms with Crippen molar-refractivity contribution in [3.63, 3.8) is 0 Å². The smallest absolute Gasteiger partial charge is 0.0417 e. The predicted octanol–water partition coefficient (Wildman–Crippen LogP) is 9.09. The third kappa shape index (κ3) is 18.3. The largest absolute Gasteiger partial charge is 0.0651 e. The number of unbranched alkanes of at least 4 members (excludes halogenated alkanes) is 15. The molecule has 0 rings (SSSR count).